The zero-order valence-corrected chi connectivity index (χ0v) is 15.6. The molecule has 3 rings (SSSR count). The fraction of sp³-hybridized carbons (Fsp3) is 0.412. The van der Waals surface area contributed by atoms with E-state index in [1.54, 1.807) is 6.92 Å². The largest absolute Gasteiger partial charge is 0.431 e. The van der Waals surface area contributed by atoms with Gasteiger partial charge in [-0.05, 0) is 44.4 Å². The van der Waals surface area contributed by atoms with Crippen LogP contribution in [0.5, 0.6) is 0 Å². The third-order valence-corrected chi connectivity index (χ3v) is 5.34. The number of rotatable bonds is 5. The first kappa shape index (κ1) is 19.6. The second-order valence-electron chi connectivity index (χ2n) is 6.34. The Labute approximate surface area is 158 Å². The summed E-state index contributed by atoms with van der Waals surface area (Å²) in [5.74, 6) is -0.434. The number of halogens is 3. The summed E-state index contributed by atoms with van der Waals surface area (Å²) in [6, 6.07) is 3.67. The number of oxazole rings is 1. The highest BCUT2D eigenvalue weighted by atomic mass is 32.2. The number of benzene rings is 1. The molecule has 0 spiro atoms. The number of hydrogen-bond acceptors (Lipinski definition) is 6. The first-order valence-corrected chi connectivity index (χ1v) is 9.15. The molecule has 1 aliphatic rings. The predicted octanol–water partition coefficient (Wildman–Crippen LogP) is 4.52. The van der Waals surface area contributed by atoms with E-state index in [2.05, 4.69) is 26.3 Å². The Morgan fingerprint density at radius 1 is 1.41 bits per heavy atom. The molecule has 6 nitrogen and oxygen atoms in total. The highest BCUT2D eigenvalue weighted by Crippen LogP contribution is 2.33. The number of hydrogen-bond donors (Lipinski definition) is 2. The zero-order valence-electron chi connectivity index (χ0n) is 14.8. The van der Waals surface area contributed by atoms with Gasteiger partial charge in [0.2, 0.25) is 0 Å². The van der Waals surface area contributed by atoms with E-state index in [4.69, 9.17) is 4.42 Å². The van der Waals surface area contributed by atoms with Crippen LogP contribution in [-0.4, -0.2) is 27.8 Å². The molecule has 27 heavy (non-hydrogen) atoms. The van der Waals surface area contributed by atoms with Gasteiger partial charge in [0.05, 0.1) is 5.56 Å². The second-order valence-corrected chi connectivity index (χ2v) is 7.20. The van der Waals surface area contributed by atoms with Gasteiger partial charge in [0.1, 0.15) is 6.26 Å². The monoisotopic (exact) mass is 400 g/mol. The van der Waals surface area contributed by atoms with Crippen molar-refractivity contribution in [2.45, 2.75) is 38.9 Å². The van der Waals surface area contributed by atoms with Crippen LogP contribution in [0.25, 0.3) is 0 Å². The Hall–Kier alpha value is -2.20. The molecule has 0 radical (unpaired) electrons. The smallest absolute Gasteiger partial charge is 0.416 e. The Bertz CT molecular complexity index is 825. The number of carbonyl (C=O) groups is 1. The van der Waals surface area contributed by atoms with Crippen molar-refractivity contribution in [3.05, 3.63) is 41.3 Å². The third-order valence-electron chi connectivity index (χ3n) is 4.29. The van der Waals surface area contributed by atoms with Crippen molar-refractivity contribution in [1.82, 2.24) is 14.0 Å². The number of alkyl halides is 3. The number of anilines is 2. The van der Waals surface area contributed by atoms with Crippen molar-refractivity contribution < 1.29 is 22.4 Å². The van der Waals surface area contributed by atoms with Gasteiger partial charge in [0.15, 0.2) is 5.69 Å². The maximum Gasteiger partial charge on any atom is 0.416 e. The van der Waals surface area contributed by atoms with E-state index >= 15 is 0 Å². The van der Waals surface area contributed by atoms with Crippen LogP contribution < -0.4 is 10.0 Å². The Balaban J connectivity index is 1.65. The first-order valence-electron chi connectivity index (χ1n) is 8.38. The van der Waals surface area contributed by atoms with Crippen LogP contribution in [0.2, 0.25) is 0 Å². The summed E-state index contributed by atoms with van der Waals surface area (Å²) in [7, 11) is 0. The van der Waals surface area contributed by atoms with E-state index in [1.807, 2.05) is 0 Å². The van der Waals surface area contributed by atoms with E-state index in [1.165, 1.54) is 18.2 Å². The zero-order chi connectivity index (χ0) is 19.6. The van der Waals surface area contributed by atoms with E-state index in [0.29, 0.717) is 11.6 Å². The van der Waals surface area contributed by atoms with Crippen LogP contribution in [0.15, 0.2) is 28.9 Å². The second kappa shape index (κ2) is 7.81. The summed E-state index contributed by atoms with van der Waals surface area (Å²) in [6.07, 6.45) is -1.13. The number of nitrogens with one attached hydrogen (secondary N) is 2. The Morgan fingerprint density at radius 2 is 2.19 bits per heavy atom. The minimum absolute atomic E-state index is 0.0430. The standard InChI is InChI=1S/C17H19F3N4O2S/c1-10-5-6-12(17(18,19)20)8-13(10)21-16-22-14(9-26-16)15(25)23-27-24-7-3-4-11(24)2/h5-6,8-9,11H,3-4,7H2,1-2H3,(H,21,22)(H,23,25). The number of aryl methyl sites for hydroxylation is 1. The van der Waals surface area contributed by atoms with E-state index in [9.17, 15) is 18.0 Å². The number of nitrogens with zero attached hydrogens (tertiary/aromatic N) is 2. The Kier molecular flexibility index (Phi) is 5.66. The maximum absolute atomic E-state index is 12.9. The van der Waals surface area contributed by atoms with Crippen LogP contribution in [0.4, 0.5) is 24.9 Å². The molecular weight excluding hydrogens is 381 g/mol. The SMILES string of the molecule is Cc1ccc(C(F)(F)F)cc1Nc1nc(C(=O)NSN2CCCC2C)co1. The van der Waals surface area contributed by atoms with Crippen molar-refractivity contribution in [2.24, 2.45) is 0 Å². The number of carbonyl (C=O) groups excluding carboxylic acids is 1. The Morgan fingerprint density at radius 3 is 2.85 bits per heavy atom. The van der Waals surface area contributed by atoms with Crippen LogP contribution in [0, 0.1) is 6.92 Å². The van der Waals surface area contributed by atoms with Gasteiger partial charge in [0, 0.05) is 30.4 Å². The lowest BCUT2D eigenvalue weighted by atomic mass is 10.1. The summed E-state index contributed by atoms with van der Waals surface area (Å²) >= 11 is 1.22. The van der Waals surface area contributed by atoms with Gasteiger partial charge in [-0.15, -0.1) is 0 Å². The summed E-state index contributed by atoms with van der Waals surface area (Å²) in [5.41, 5.74) is 0.0578. The molecule has 146 valence electrons. The summed E-state index contributed by atoms with van der Waals surface area (Å²) in [5, 5.41) is 2.69. The van der Waals surface area contributed by atoms with E-state index in [0.717, 1.165) is 37.8 Å². The summed E-state index contributed by atoms with van der Waals surface area (Å²) < 4.78 is 48.5. The molecule has 2 N–H and O–H groups in total. The molecule has 1 amide bonds. The van der Waals surface area contributed by atoms with Crippen molar-refractivity contribution >= 4 is 29.7 Å². The maximum atomic E-state index is 12.9. The third kappa shape index (κ3) is 4.75. The lowest BCUT2D eigenvalue weighted by Gasteiger charge is -2.18. The van der Waals surface area contributed by atoms with Gasteiger partial charge >= 0.3 is 6.18 Å². The first-order chi connectivity index (χ1) is 12.7. The lowest BCUT2D eigenvalue weighted by Crippen LogP contribution is -2.27. The molecule has 1 aliphatic heterocycles. The van der Waals surface area contributed by atoms with E-state index in [-0.39, 0.29) is 17.4 Å². The topological polar surface area (TPSA) is 70.4 Å². The van der Waals surface area contributed by atoms with Gasteiger partial charge in [-0.2, -0.15) is 18.2 Å². The summed E-state index contributed by atoms with van der Waals surface area (Å²) in [6.45, 7) is 4.64. The van der Waals surface area contributed by atoms with Crippen molar-refractivity contribution in [3.8, 4) is 0 Å². The normalized spacial score (nSPS) is 17.9. The molecular formula is C17H19F3N4O2S. The van der Waals surface area contributed by atoms with Gasteiger partial charge < -0.3 is 9.73 Å². The number of amides is 1. The van der Waals surface area contributed by atoms with Crippen LogP contribution in [-0.2, 0) is 6.18 Å². The van der Waals surface area contributed by atoms with Crippen LogP contribution in [0.3, 0.4) is 0 Å². The average Bonchev–Trinajstić information content (AvgIpc) is 3.23. The molecule has 1 atom stereocenters. The predicted molar refractivity (Wildman–Crippen MR) is 96.4 cm³/mol. The number of aromatic nitrogens is 1. The molecule has 1 aromatic carbocycles. The van der Waals surface area contributed by atoms with Crippen molar-refractivity contribution in [1.29, 1.82) is 0 Å². The van der Waals surface area contributed by atoms with Crippen LogP contribution in [0.1, 0.15) is 41.4 Å². The van der Waals surface area contributed by atoms with Crippen molar-refractivity contribution in [2.75, 3.05) is 11.9 Å². The summed E-state index contributed by atoms with van der Waals surface area (Å²) in [4.78, 5) is 16.2. The lowest BCUT2D eigenvalue weighted by molar-refractivity contribution is -0.137. The minimum atomic E-state index is -4.45. The highest BCUT2D eigenvalue weighted by Gasteiger charge is 2.31. The van der Waals surface area contributed by atoms with E-state index < -0.39 is 17.6 Å². The molecule has 0 bridgehead atoms. The molecule has 2 aromatic rings. The van der Waals surface area contributed by atoms with Crippen molar-refractivity contribution in [3.63, 3.8) is 0 Å². The van der Waals surface area contributed by atoms with Gasteiger partial charge in [0.25, 0.3) is 11.9 Å². The highest BCUT2D eigenvalue weighted by molar-refractivity contribution is 7.95. The van der Waals surface area contributed by atoms with Crippen LogP contribution >= 0.6 is 12.1 Å². The molecule has 0 saturated carbocycles. The fourth-order valence-corrected chi connectivity index (χ4v) is 3.49. The van der Waals surface area contributed by atoms with Gasteiger partial charge in [-0.3, -0.25) is 9.52 Å². The molecule has 2 heterocycles. The molecule has 1 fully saturated rings. The minimum Gasteiger partial charge on any atom is -0.431 e. The molecule has 1 unspecified atom stereocenters. The quantitative estimate of drug-likeness (QED) is 0.719. The van der Waals surface area contributed by atoms with Gasteiger partial charge in [-0.1, -0.05) is 6.07 Å². The molecule has 1 saturated heterocycles. The average molecular weight is 400 g/mol. The molecule has 10 heteroatoms. The molecule has 0 aliphatic carbocycles. The fourth-order valence-electron chi connectivity index (χ4n) is 2.68. The van der Waals surface area contributed by atoms with Gasteiger partial charge in [-0.25, -0.2) is 4.31 Å². The molecule has 1 aromatic heterocycles.